The number of aryl methyl sites for hydroxylation is 1. The molecule has 0 amide bonds. The lowest BCUT2D eigenvalue weighted by molar-refractivity contribution is 0.287. The lowest BCUT2D eigenvalue weighted by Crippen LogP contribution is -2.41. The van der Waals surface area contributed by atoms with E-state index in [1.54, 1.807) is 0 Å². The smallest absolute Gasteiger partial charge is 0.135 e. The molecule has 0 radical (unpaired) electrons. The molecule has 0 spiro atoms. The Kier molecular flexibility index (Phi) is 3.70. The summed E-state index contributed by atoms with van der Waals surface area (Å²) in [6, 6.07) is 9.63. The minimum atomic E-state index is 0.673. The maximum atomic E-state index is 4.26. The zero-order chi connectivity index (χ0) is 14.9. The maximum absolute atomic E-state index is 4.26. The molecular formula is C18H24N4. The average Bonchev–Trinajstić information content (AvgIpc) is 3.21. The van der Waals surface area contributed by atoms with Crippen molar-refractivity contribution < 1.29 is 0 Å². The number of hydrogen-bond acceptors (Lipinski definition) is 3. The van der Waals surface area contributed by atoms with Crippen LogP contribution in [0.15, 0.2) is 30.6 Å². The van der Waals surface area contributed by atoms with Crippen LogP contribution < -0.4 is 5.32 Å². The number of benzene rings is 1. The second kappa shape index (κ2) is 5.84. The van der Waals surface area contributed by atoms with Gasteiger partial charge in [-0.3, -0.25) is 0 Å². The Morgan fingerprint density at radius 1 is 1.23 bits per heavy atom. The molecule has 1 aromatic carbocycles. The van der Waals surface area contributed by atoms with Gasteiger partial charge in [0.05, 0.1) is 0 Å². The highest BCUT2D eigenvalue weighted by Crippen LogP contribution is 2.39. The van der Waals surface area contributed by atoms with E-state index in [2.05, 4.69) is 51.3 Å². The van der Waals surface area contributed by atoms with E-state index in [0.717, 1.165) is 19.0 Å². The summed E-state index contributed by atoms with van der Waals surface area (Å²) < 4.78 is 2.22. The Morgan fingerprint density at radius 2 is 2.09 bits per heavy atom. The van der Waals surface area contributed by atoms with Gasteiger partial charge in [-0.2, -0.15) is 0 Å². The van der Waals surface area contributed by atoms with Gasteiger partial charge < -0.3 is 9.88 Å². The van der Waals surface area contributed by atoms with Crippen LogP contribution in [-0.4, -0.2) is 27.4 Å². The van der Waals surface area contributed by atoms with Crippen LogP contribution in [0.5, 0.6) is 0 Å². The maximum Gasteiger partial charge on any atom is 0.135 e. The third kappa shape index (κ3) is 2.93. The SMILES string of the molecule is Cc1cccc(C2CC(NCCn3cnnc3C3CC3)C2)c1. The van der Waals surface area contributed by atoms with Gasteiger partial charge in [0.15, 0.2) is 0 Å². The van der Waals surface area contributed by atoms with E-state index >= 15 is 0 Å². The molecule has 0 bridgehead atoms. The second-order valence-electron chi connectivity index (χ2n) is 6.89. The lowest BCUT2D eigenvalue weighted by Gasteiger charge is -2.36. The van der Waals surface area contributed by atoms with Crippen LogP contribution in [0.2, 0.25) is 0 Å². The summed E-state index contributed by atoms with van der Waals surface area (Å²) in [4.78, 5) is 0. The molecule has 1 heterocycles. The fraction of sp³-hybridized carbons (Fsp3) is 0.556. The highest BCUT2D eigenvalue weighted by molar-refractivity contribution is 5.27. The molecule has 1 N–H and O–H groups in total. The van der Waals surface area contributed by atoms with Gasteiger partial charge in [-0.05, 0) is 44.1 Å². The number of aromatic nitrogens is 3. The summed E-state index contributed by atoms with van der Waals surface area (Å²) in [7, 11) is 0. The van der Waals surface area contributed by atoms with Crippen LogP contribution in [0.3, 0.4) is 0 Å². The van der Waals surface area contributed by atoms with Gasteiger partial charge in [-0.25, -0.2) is 0 Å². The normalized spacial score (nSPS) is 24.2. The minimum absolute atomic E-state index is 0.673. The van der Waals surface area contributed by atoms with Crippen LogP contribution >= 0.6 is 0 Å². The van der Waals surface area contributed by atoms with Crippen molar-refractivity contribution in [2.75, 3.05) is 6.54 Å². The summed E-state index contributed by atoms with van der Waals surface area (Å²) in [5.74, 6) is 2.61. The minimum Gasteiger partial charge on any atom is -0.316 e. The van der Waals surface area contributed by atoms with Gasteiger partial charge >= 0.3 is 0 Å². The molecule has 2 fully saturated rings. The van der Waals surface area contributed by atoms with Crippen molar-refractivity contribution in [2.45, 2.75) is 57.0 Å². The zero-order valence-corrected chi connectivity index (χ0v) is 13.2. The van der Waals surface area contributed by atoms with Gasteiger partial charge in [-0.15, -0.1) is 10.2 Å². The number of nitrogens with one attached hydrogen (secondary N) is 1. The first-order chi connectivity index (χ1) is 10.8. The largest absolute Gasteiger partial charge is 0.316 e. The van der Waals surface area contributed by atoms with E-state index in [4.69, 9.17) is 0 Å². The summed E-state index contributed by atoms with van der Waals surface area (Å²) in [5.41, 5.74) is 2.88. The van der Waals surface area contributed by atoms with Gasteiger partial charge in [0.1, 0.15) is 12.2 Å². The molecule has 4 rings (SSSR count). The van der Waals surface area contributed by atoms with Crippen LogP contribution in [0, 0.1) is 6.92 Å². The highest BCUT2D eigenvalue weighted by atomic mass is 15.3. The molecule has 0 aliphatic heterocycles. The van der Waals surface area contributed by atoms with Crippen LogP contribution in [0.1, 0.15) is 54.5 Å². The van der Waals surface area contributed by atoms with Gasteiger partial charge in [-0.1, -0.05) is 29.8 Å². The van der Waals surface area contributed by atoms with E-state index in [1.165, 1.54) is 42.6 Å². The monoisotopic (exact) mass is 296 g/mol. The summed E-state index contributed by atoms with van der Waals surface area (Å²) >= 11 is 0. The molecule has 2 aromatic rings. The van der Waals surface area contributed by atoms with Crippen LogP contribution in [0.25, 0.3) is 0 Å². The van der Waals surface area contributed by atoms with Gasteiger partial charge in [0, 0.05) is 25.0 Å². The predicted octanol–water partition coefficient (Wildman–Crippen LogP) is 3.00. The van der Waals surface area contributed by atoms with E-state index < -0.39 is 0 Å². The van der Waals surface area contributed by atoms with Crippen molar-refractivity contribution in [3.63, 3.8) is 0 Å². The summed E-state index contributed by atoms with van der Waals surface area (Å²) in [6.07, 6.45) is 6.98. The Hall–Kier alpha value is -1.68. The van der Waals surface area contributed by atoms with E-state index in [9.17, 15) is 0 Å². The zero-order valence-electron chi connectivity index (χ0n) is 13.2. The van der Waals surface area contributed by atoms with E-state index in [-0.39, 0.29) is 0 Å². The quantitative estimate of drug-likeness (QED) is 0.891. The first-order valence-corrected chi connectivity index (χ1v) is 8.47. The Bertz CT molecular complexity index is 638. The Labute approximate surface area is 132 Å². The van der Waals surface area contributed by atoms with Gasteiger partial charge in [0.2, 0.25) is 0 Å². The van der Waals surface area contributed by atoms with Gasteiger partial charge in [0.25, 0.3) is 0 Å². The fourth-order valence-corrected chi connectivity index (χ4v) is 3.46. The summed E-state index contributed by atoms with van der Waals surface area (Å²) in [5, 5.41) is 12.0. The molecule has 2 aliphatic carbocycles. The Morgan fingerprint density at radius 3 is 2.86 bits per heavy atom. The first-order valence-electron chi connectivity index (χ1n) is 8.47. The van der Waals surface area contributed by atoms with Crippen molar-refractivity contribution in [1.29, 1.82) is 0 Å². The third-order valence-corrected chi connectivity index (χ3v) is 5.03. The van der Waals surface area contributed by atoms with E-state index in [0.29, 0.717) is 12.0 Å². The predicted molar refractivity (Wildman–Crippen MR) is 86.9 cm³/mol. The molecule has 2 aliphatic rings. The molecule has 0 saturated heterocycles. The standard InChI is InChI=1S/C18H24N4/c1-13-3-2-4-15(9-13)16-10-17(11-16)19-7-8-22-12-20-21-18(22)14-5-6-14/h2-4,9,12,14,16-17,19H,5-8,10-11H2,1H3. The molecule has 2 saturated carbocycles. The molecule has 0 atom stereocenters. The first kappa shape index (κ1) is 13.9. The van der Waals surface area contributed by atoms with Crippen molar-refractivity contribution in [2.24, 2.45) is 0 Å². The average molecular weight is 296 g/mol. The topological polar surface area (TPSA) is 42.7 Å². The molecule has 4 nitrogen and oxygen atoms in total. The molecule has 22 heavy (non-hydrogen) atoms. The van der Waals surface area contributed by atoms with Crippen LogP contribution in [-0.2, 0) is 6.54 Å². The molecular weight excluding hydrogens is 272 g/mol. The molecule has 4 heteroatoms. The molecule has 0 unspecified atom stereocenters. The van der Waals surface area contributed by atoms with E-state index in [1.807, 2.05) is 6.33 Å². The number of nitrogens with zero attached hydrogens (tertiary/aromatic N) is 3. The molecule has 116 valence electrons. The summed E-state index contributed by atoms with van der Waals surface area (Å²) in [6.45, 7) is 4.18. The second-order valence-corrected chi connectivity index (χ2v) is 6.89. The highest BCUT2D eigenvalue weighted by Gasteiger charge is 2.30. The number of rotatable bonds is 6. The third-order valence-electron chi connectivity index (χ3n) is 5.03. The van der Waals surface area contributed by atoms with Crippen molar-refractivity contribution in [1.82, 2.24) is 20.1 Å². The fourth-order valence-electron chi connectivity index (χ4n) is 3.46. The van der Waals surface area contributed by atoms with Crippen molar-refractivity contribution in [3.05, 3.63) is 47.5 Å². The lowest BCUT2D eigenvalue weighted by atomic mass is 9.75. The Balaban J connectivity index is 1.22. The van der Waals surface area contributed by atoms with Crippen LogP contribution in [0.4, 0.5) is 0 Å². The number of hydrogen-bond donors (Lipinski definition) is 1. The molecule has 1 aromatic heterocycles. The van der Waals surface area contributed by atoms with Crippen molar-refractivity contribution in [3.8, 4) is 0 Å². The van der Waals surface area contributed by atoms with Crippen molar-refractivity contribution >= 4 is 0 Å².